The smallest absolute Gasteiger partial charge is 0.308 e. The zero-order chi connectivity index (χ0) is 18.7. The summed E-state index contributed by atoms with van der Waals surface area (Å²) in [6, 6.07) is 8.18. The van der Waals surface area contributed by atoms with Crippen LogP contribution in [0.4, 0.5) is 0 Å². The first-order chi connectivity index (χ1) is 12.5. The van der Waals surface area contributed by atoms with Crippen molar-refractivity contribution in [2.24, 2.45) is 0 Å². The average Bonchev–Trinajstić information content (AvgIpc) is 2.81. The van der Waals surface area contributed by atoms with Gasteiger partial charge in [-0.3, -0.25) is 9.59 Å². The van der Waals surface area contributed by atoms with Gasteiger partial charge in [-0.05, 0) is 62.6 Å². The highest BCUT2D eigenvalue weighted by atomic mass is 16.5. The molecular formula is C20H23N3O3. The normalized spacial score (nSPS) is 25.0. The number of hydrogen-bond donors (Lipinski definition) is 1. The predicted octanol–water partition coefficient (Wildman–Crippen LogP) is 2.24. The standard InChI is InChI=1S/C20H23N3O3/c1-13(24)26-19-7-3-14(15(9-19)12-21)4-8-20(25)22-16-10-17-5-6-18(11-16)23(17)2/h3-4,7-9,16-18H,5-6,10-11H2,1-2H3,(H,22,25)/b8-4+. The molecule has 2 heterocycles. The number of fused-ring (bicyclic) bond motifs is 2. The van der Waals surface area contributed by atoms with Gasteiger partial charge >= 0.3 is 5.97 Å². The summed E-state index contributed by atoms with van der Waals surface area (Å²) in [6.45, 7) is 1.30. The first-order valence-corrected chi connectivity index (χ1v) is 8.89. The lowest BCUT2D eigenvalue weighted by molar-refractivity contribution is -0.131. The Kier molecular flexibility index (Phi) is 5.38. The Bertz CT molecular complexity index is 767. The van der Waals surface area contributed by atoms with E-state index in [9.17, 15) is 14.9 Å². The number of nitriles is 1. The number of benzene rings is 1. The predicted molar refractivity (Wildman–Crippen MR) is 97.2 cm³/mol. The number of nitrogens with one attached hydrogen (secondary N) is 1. The van der Waals surface area contributed by atoms with Crippen LogP contribution in [0.3, 0.4) is 0 Å². The van der Waals surface area contributed by atoms with Gasteiger partial charge in [-0.2, -0.15) is 5.26 Å². The monoisotopic (exact) mass is 353 g/mol. The molecular weight excluding hydrogens is 330 g/mol. The van der Waals surface area contributed by atoms with Gasteiger partial charge < -0.3 is 15.0 Å². The molecule has 2 saturated heterocycles. The molecule has 1 aromatic carbocycles. The molecule has 0 spiro atoms. The Labute approximate surface area is 153 Å². The molecule has 3 rings (SSSR count). The number of ether oxygens (including phenoxy) is 1. The number of amides is 1. The van der Waals surface area contributed by atoms with E-state index in [1.807, 2.05) is 0 Å². The Balaban J connectivity index is 1.61. The summed E-state index contributed by atoms with van der Waals surface area (Å²) in [5.41, 5.74) is 0.965. The quantitative estimate of drug-likeness (QED) is 0.510. The Morgan fingerprint density at radius 3 is 2.62 bits per heavy atom. The fourth-order valence-electron chi connectivity index (χ4n) is 3.95. The van der Waals surface area contributed by atoms with Crippen molar-refractivity contribution in [2.75, 3.05) is 7.05 Å². The van der Waals surface area contributed by atoms with Gasteiger partial charge in [0.25, 0.3) is 0 Å². The highest BCUT2D eigenvalue weighted by Crippen LogP contribution is 2.34. The van der Waals surface area contributed by atoms with Crippen molar-refractivity contribution in [3.63, 3.8) is 0 Å². The van der Waals surface area contributed by atoms with Gasteiger partial charge in [0.15, 0.2) is 0 Å². The Hall–Kier alpha value is -2.65. The first kappa shape index (κ1) is 18.2. The molecule has 2 fully saturated rings. The molecule has 2 unspecified atom stereocenters. The van der Waals surface area contributed by atoms with E-state index in [0.717, 1.165) is 12.8 Å². The summed E-state index contributed by atoms with van der Waals surface area (Å²) in [5, 5.41) is 12.3. The van der Waals surface area contributed by atoms with Gasteiger partial charge in [0.1, 0.15) is 5.75 Å². The van der Waals surface area contributed by atoms with E-state index in [-0.39, 0.29) is 11.9 Å². The van der Waals surface area contributed by atoms with E-state index in [0.29, 0.717) is 29.0 Å². The third kappa shape index (κ3) is 4.12. The van der Waals surface area contributed by atoms with Crippen molar-refractivity contribution >= 4 is 18.0 Å². The SMILES string of the molecule is CC(=O)Oc1ccc(/C=C/C(=O)NC2CC3CCC(C2)N3C)c(C#N)c1. The summed E-state index contributed by atoms with van der Waals surface area (Å²) in [7, 11) is 2.17. The van der Waals surface area contributed by atoms with E-state index < -0.39 is 5.97 Å². The van der Waals surface area contributed by atoms with E-state index >= 15 is 0 Å². The van der Waals surface area contributed by atoms with Crippen molar-refractivity contribution in [3.05, 3.63) is 35.4 Å². The van der Waals surface area contributed by atoms with Gasteiger partial charge in [-0.25, -0.2) is 0 Å². The fourth-order valence-corrected chi connectivity index (χ4v) is 3.95. The van der Waals surface area contributed by atoms with Crippen LogP contribution in [0, 0.1) is 11.3 Å². The molecule has 1 N–H and O–H groups in total. The highest BCUT2D eigenvalue weighted by molar-refractivity contribution is 5.92. The minimum atomic E-state index is -0.441. The molecule has 0 aromatic heterocycles. The maximum Gasteiger partial charge on any atom is 0.308 e. The minimum Gasteiger partial charge on any atom is -0.427 e. The van der Waals surface area contributed by atoms with Crippen molar-refractivity contribution in [1.29, 1.82) is 5.26 Å². The average molecular weight is 353 g/mol. The topological polar surface area (TPSA) is 82.4 Å². The molecule has 0 saturated carbocycles. The van der Waals surface area contributed by atoms with Crippen LogP contribution in [0.25, 0.3) is 6.08 Å². The van der Waals surface area contributed by atoms with Crippen molar-refractivity contribution in [3.8, 4) is 11.8 Å². The largest absolute Gasteiger partial charge is 0.427 e. The van der Waals surface area contributed by atoms with Crippen LogP contribution in [0.5, 0.6) is 5.75 Å². The molecule has 26 heavy (non-hydrogen) atoms. The number of rotatable bonds is 4. The molecule has 0 aliphatic carbocycles. The third-order valence-electron chi connectivity index (χ3n) is 5.27. The zero-order valence-electron chi connectivity index (χ0n) is 15.1. The first-order valence-electron chi connectivity index (χ1n) is 8.89. The van der Waals surface area contributed by atoms with Gasteiger partial charge in [0.05, 0.1) is 11.6 Å². The van der Waals surface area contributed by atoms with Crippen LogP contribution in [-0.4, -0.2) is 41.9 Å². The molecule has 2 aliphatic rings. The lowest BCUT2D eigenvalue weighted by atomic mass is 9.98. The third-order valence-corrected chi connectivity index (χ3v) is 5.27. The second-order valence-electron chi connectivity index (χ2n) is 7.02. The van der Waals surface area contributed by atoms with E-state index in [2.05, 4.69) is 23.3 Å². The number of hydrogen-bond acceptors (Lipinski definition) is 5. The molecule has 0 radical (unpaired) electrons. The molecule has 6 heteroatoms. The summed E-state index contributed by atoms with van der Waals surface area (Å²) in [5.74, 6) is -0.270. The van der Waals surface area contributed by atoms with Gasteiger partial charge in [-0.1, -0.05) is 0 Å². The van der Waals surface area contributed by atoms with Crippen LogP contribution in [0.1, 0.15) is 43.7 Å². The number of carbonyl (C=O) groups is 2. The van der Waals surface area contributed by atoms with Crippen molar-refractivity contribution < 1.29 is 14.3 Å². The number of nitrogens with zero attached hydrogens (tertiary/aromatic N) is 2. The second kappa shape index (κ2) is 7.71. The van der Waals surface area contributed by atoms with Gasteiger partial charge in [-0.15, -0.1) is 0 Å². The lowest BCUT2D eigenvalue weighted by Crippen LogP contribution is -2.48. The van der Waals surface area contributed by atoms with Crippen LogP contribution >= 0.6 is 0 Å². The second-order valence-corrected chi connectivity index (χ2v) is 7.02. The Morgan fingerprint density at radius 2 is 2.00 bits per heavy atom. The molecule has 1 amide bonds. The minimum absolute atomic E-state index is 0.146. The lowest BCUT2D eigenvalue weighted by Gasteiger charge is -2.36. The van der Waals surface area contributed by atoms with E-state index in [1.165, 1.54) is 31.9 Å². The maximum atomic E-state index is 12.2. The number of esters is 1. The number of carbonyl (C=O) groups excluding carboxylic acids is 2. The maximum absolute atomic E-state index is 12.2. The molecule has 2 bridgehead atoms. The zero-order valence-corrected chi connectivity index (χ0v) is 15.1. The van der Waals surface area contributed by atoms with Crippen LogP contribution in [0.2, 0.25) is 0 Å². The van der Waals surface area contributed by atoms with Gasteiger partial charge in [0, 0.05) is 31.1 Å². The molecule has 136 valence electrons. The highest BCUT2D eigenvalue weighted by Gasteiger charge is 2.38. The molecule has 2 atom stereocenters. The summed E-state index contributed by atoms with van der Waals surface area (Å²) in [6.07, 6.45) is 7.49. The van der Waals surface area contributed by atoms with Crippen LogP contribution < -0.4 is 10.1 Å². The van der Waals surface area contributed by atoms with Crippen molar-refractivity contribution in [2.45, 2.75) is 50.7 Å². The number of piperidine rings is 1. The van der Waals surface area contributed by atoms with Crippen LogP contribution in [-0.2, 0) is 9.59 Å². The molecule has 1 aromatic rings. The van der Waals surface area contributed by atoms with Crippen LogP contribution in [0.15, 0.2) is 24.3 Å². The molecule has 2 aliphatic heterocycles. The molecule has 6 nitrogen and oxygen atoms in total. The fraction of sp³-hybridized carbons (Fsp3) is 0.450. The van der Waals surface area contributed by atoms with E-state index in [1.54, 1.807) is 18.2 Å². The summed E-state index contributed by atoms with van der Waals surface area (Å²) < 4.78 is 4.98. The van der Waals surface area contributed by atoms with Crippen molar-refractivity contribution in [1.82, 2.24) is 10.2 Å². The Morgan fingerprint density at radius 1 is 1.31 bits per heavy atom. The van der Waals surface area contributed by atoms with E-state index in [4.69, 9.17) is 4.74 Å². The summed E-state index contributed by atoms with van der Waals surface area (Å²) in [4.78, 5) is 25.7. The van der Waals surface area contributed by atoms with Gasteiger partial charge in [0.2, 0.25) is 5.91 Å². The summed E-state index contributed by atoms with van der Waals surface area (Å²) >= 11 is 0.